The Kier molecular flexibility index (Phi) is 5.85. The second-order valence-electron chi connectivity index (χ2n) is 6.90. The van der Waals surface area contributed by atoms with E-state index in [0.29, 0.717) is 11.8 Å². The number of nitrogens with one attached hydrogen (secondary N) is 2. The molecule has 0 bridgehead atoms. The predicted octanol–water partition coefficient (Wildman–Crippen LogP) is 5.23. The Bertz CT molecular complexity index is 874. The van der Waals surface area contributed by atoms with Gasteiger partial charge in [-0.3, -0.25) is 9.59 Å². The van der Waals surface area contributed by atoms with Gasteiger partial charge in [0.05, 0.1) is 16.3 Å². The molecular formula is C19H18ClF3N2O2. The van der Waals surface area contributed by atoms with Crippen LogP contribution in [-0.2, 0) is 21.2 Å². The van der Waals surface area contributed by atoms with Crippen molar-refractivity contribution in [3.05, 3.63) is 58.6 Å². The number of carbonyl (C=O) groups excluding carboxylic acids is 2. The third-order valence-electron chi connectivity index (χ3n) is 3.73. The van der Waals surface area contributed by atoms with Crippen LogP contribution in [0.1, 0.15) is 31.9 Å². The number of halogens is 4. The molecule has 0 radical (unpaired) electrons. The van der Waals surface area contributed by atoms with Gasteiger partial charge < -0.3 is 10.6 Å². The zero-order valence-electron chi connectivity index (χ0n) is 14.9. The number of alkyl halides is 3. The molecule has 2 N–H and O–H groups in total. The van der Waals surface area contributed by atoms with E-state index in [2.05, 4.69) is 10.6 Å². The average molecular weight is 399 g/mol. The van der Waals surface area contributed by atoms with E-state index in [-0.39, 0.29) is 16.1 Å². The van der Waals surface area contributed by atoms with Gasteiger partial charge in [-0.15, -0.1) is 0 Å². The lowest BCUT2D eigenvalue weighted by atomic mass is 9.86. The lowest BCUT2D eigenvalue weighted by Crippen LogP contribution is -2.30. The molecule has 2 aromatic rings. The van der Waals surface area contributed by atoms with Gasteiger partial charge in [-0.1, -0.05) is 50.6 Å². The summed E-state index contributed by atoms with van der Waals surface area (Å²) in [4.78, 5) is 24.3. The molecule has 4 nitrogen and oxygen atoms in total. The van der Waals surface area contributed by atoms with Crippen LogP contribution in [0.4, 0.5) is 24.5 Å². The highest BCUT2D eigenvalue weighted by atomic mass is 35.5. The molecule has 0 atom stereocenters. The molecule has 0 heterocycles. The largest absolute Gasteiger partial charge is 0.416 e. The Morgan fingerprint density at radius 2 is 1.44 bits per heavy atom. The van der Waals surface area contributed by atoms with Crippen LogP contribution in [-0.4, -0.2) is 11.8 Å². The fourth-order valence-electron chi connectivity index (χ4n) is 2.40. The number of amides is 2. The second kappa shape index (κ2) is 7.60. The number of rotatable bonds is 2. The van der Waals surface area contributed by atoms with Crippen molar-refractivity contribution in [2.75, 3.05) is 10.6 Å². The SMILES string of the molecule is CC(C)(C)c1ccccc1NC(=O)C(=O)Nc1cc(C(F)(F)F)ccc1Cl. The lowest BCUT2D eigenvalue weighted by Gasteiger charge is -2.22. The monoisotopic (exact) mass is 398 g/mol. The first-order valence-electron chi connectivity index (χ1n) is 7.98. The predicted molar refractivity (Wildman–Crippen MR) is 98.9 cm³/mol. The summed E-state index contributed by atoms with van der Waals surface area (Å²) in [5, 5.41) is 4.49. The highest BCUT2D eigenvalue weighted by molar-refractivity contribution is 6.44. The fraction of sp³-hybridized carbons (Fsp3) is 0.263. The van der Waals surface area contributed by atoms with Crippen LogP contribution in [0.15, 0.2) is 42.5 Å². The molecule has 2 rings (SSSR count). The fourth-order valence-corrected chi connectivity index (χ4v) is 2.57. The Morgan fingerprint density at radius 3 is 2.00 bits per heavy atom. The Balaban J connectivity index is 2.20. The summed E-state index contributed by atoms with van der Waals surface area (Å²) in [6.45, 7) is 5.83. The highest BCUT2D eigenvalue weighted by Crippen LogP contribution is 2.34. The number of para-hydroxylation sites is 1. The summed E-state index contributed by atoms with van der Waals surface area (Å²) in [6.07, 6.45) is -4.60. The van der Waals surface area contributed by atoms with Crippen molar-refractivity contribution >= 4 is 34.8 Å². The Hall–Kier alpha value is -2.54. The summed E-state index contributed by atoms with van der Waals surface area (Å²) >= 11 is 5.83. The van der Waals surface area contributed by atoms with Crippen molar-refractivity contribution in [3.8, 4) is 0 Å². The molecule has 0 saturated carbocycles. The minimum absolute atomic E-state index is 0.112. The van der Waals surface area contributed by atoms with Gasteiger partial charge >= 0.3 is 18.0 Å². The molecule has 0 aliphatic heterocycles. The van der Waals surface area contributed by atoms with Crippen molar-refractivity contribution in [3.63, 3.8) is 0 Å². The minimum Gasteiger partial charge on any atom is -0.318 e. The van der Waals surface area contributed by atoms with Gasteiger partial charge in [-0.25, -0.2) is 0 Å². The van der Waals surface area contributed by atoms with Crippen molar-refractivity contribution in [1.29, 1.82) is 0 Å². The second-order valence-corrected chi connectivity index (χ2v) is 7.30. The Morgan fingerprint density at radius 1 is 0.889 bits per heavy atom. The summed E-state index contributed by atoms with van der Waals surface area (Å²) in [5.74, 6) is -2.14. The van der Waals surface area contributed by atoms with Crippen LogP contribution >= 0.6 is 11.6 Å². The number of anilines is 2. The molecule has 144 valence electrons. The van der Waals surface area contributed by atoms with Crippen LogP contribution in [0.5, 0.6) is 0 Å². The van der Waals surface area contributed by atoms with Gasteiger partial charge in [0, 0.05) is 5.69 Å². The van der Waals surface area contributed by atoms with Gasteiger partial charge in [-0.2, -0.15) is 13.2 Å². The van der Waals surface area contributed by atoms with Crippen LogP contribution in [0.3, 0.4) is 0 Å². The van der Waals surface area contributed by atoms with Gasteiger partial charge in [0.2, 0.25) is 0 Å². The van der Waals surface area contributed by atoms with Crippen molar-refractivity contribution < 1.29 is 22.8 Å². The van der Waals surface area contributed by atoms with E-state index in [9.17, 15) is 22.8 Å². The smallest absolute Gasteiger partial charge is 0.318 e. The molecule has 0 aliphatic carbocycles. The van der Waals surface area contributed by atoms with Gasteiger partial charge in [0.1, 0.15) is 0 Å². The van der Waals surface area contributed by atoms with E-state index in [1.807, 2.05) is 26.8 Å². The molecule has 0 spiro atoms. The van der Waals surface area contributed by atoms with E-state index < -0.39 is 23.6 Å². The van der Waals surface area contributed by atoms with Crippen LogP contribution in [0, 0.1) is 0 Å². The lowest BCUT2D eigenvalue weighted by molar-refractivity contribution is -0.137. The summed E-state index contributed by atoms with van der Waals surface area (Å²) in [5.41, 5.74) is -0.315. The topological polar surface area (TPSA) is 58.2 Å². The van der Waals surface area contributed by atoms with E-state index in [1.165, 1.54) is 0 Å². The molecule has 0 saturated heterocycles. The zero-order valence-corrected chi connectivity index (χ0v) is 15.6. The third-order valence-corrected chi connectivity index (χ3v) is 4.06. The summed E-state index contributed by atoms with van der Waals surface area (Å²) in [6, 6.07) is 9.44. The van der Waals surface area contributed by atoms with E-state index >= 15 is 0 Å². The average Bonchev–Trinajstić information content (AvgIpc) is 2.55. The van der Waals surface area contributed by atoms with E-state index in [1.54, 1.807) is 18.2 Å². The van der Waals surface area contributed by atoms with Crippen molar-refractivity contribution in [2.24, 2.45) is 0 Å². The van der Waals surface area contributed by atoms with E-state index in [4.69, 9.17) is 11.6 Å². The first-order chi connectivity index (χ1) is 12.4. The third kappa shape index (κ3) is 5.23. The normalized spacial score (nSPS) is 11.8. The first-order valence-corrected chi connectivity index (χ1v) is 8.36. The molecule has 2 aromatic carbocycles. The molecular weight excluding hydrogens is 381 g/mol. The molecule has 8 heteroatoms. The number of hydrogen-bond acceptors (Lipinski definition) is 2. The van der Waals surface area contributed by atoms with Crippen LogP contribution in [0.25, 0.3) is 0 Å². The molecule has 0 aliphatic rings. The number of benzene rings is 2. The van der Waals surface area contributed by atoms with Crippen molar-refractivity contribution in [2.45, 2.75) is 32.4 Å². The summed E-state index contributed by atoms with van der Waals surface area (Å²) < 4.78 is 38.4. The molecule has 2 amide bonds. The quantitative estimate of drug-likeness (QED) is 0.680. The van der Waals surface area contributed by atoms with E-state index in [0.717, 1.165) is 17.7 Å². The van der Waals surface area contributed by atoms with Crippen LogP contribution < -0.4 is 10.6 Å². The maximum atomic E-state index is 12.8. The number of carbonyl (C=O) groups is 2. The first kappa shape index (κ1) is 20.8. The van der Waals surface area contributed by atoms with Crippen molar-refractivity contribution in [1.82, 2.24) is 0 Å². The van der Waals surface area contributed by atoms with Gasteiger partial charge in [0.15, 0.2) is 0 Å². The zero-order chi connectivity index (χ0) is 20.4. The van der Waals surface area contributed by atoms with Gasteiger partial charge in [-0.05, 0) is 35.2 Å². The highest BCUT2D eigenvalue weighted by Gasteiger charge is 2.31. The standard InChI is InChI=1S/C19H18ClF3N2O2/c1-18(2,3)12-6-4-5-7-14(12)24-16(26)17(27)25-15-10-11(19(21,22)23)8-9-13(15)20/h4-10H,1-3H3,(H,24,26)(H,25,27). The van der Waals surface area contributed by atoms with Crippen LogP contribution in [0.2, 0.25) is 5.02 Å². The molecule has 27 heavy (non-hydrogen) atoms. The summed E-state index contributed by atoms with van der Waals surface area (Å²) in [7, 11) is 0. The maximum absolute atomic E-state index is 12.8. The maximum Gasteiger partial charge on any atom is 0.416 e. The number of hydrogen-bond donors (Lipinski definition) is 2. The molecule has 0 aromatic heterocycles. The van der Waals surface area contributed by atoms with Gasteiger partial charge in [0.25, 0.3) is 0 Å². The minimum atomic E-state index is -4.60. The Labute approximate surface area is 159 Å². The molecule has 0 unspecified atom stereocenters. The molecule has 0 fully saturated rings.